The van der Waals surface area contributed by atoms with Gasteiger partial charge < -0.3 is 25.2 Å². The van der Waals surface area contributed by atoms with Gasteiger partial charge in [-0.05, 0) is 25.0 Å². The summed E-state index contributed by atoms with van der Waals surface area (Å²) in [6, 6.07) is 2.69. The van der Waals surface area contributed by atoms with Gasteiger partial charge in [-0.2, -0.15) is 13.2 Å². The average molecular weight is 442 g/mol. The van der Waals surface area contributed by atoms with E-state index in [-0.39, 0.29) is 36.2 Å². The summed E-state index contributed by atoms with van der Waals surface area (Å²) in [4.78, 5) is 27.2. The highest BCUT2D eigenvalue weighted by Gasteiger charge is 2.57. The first-order valence-corrected chi connectivity index (χ1v) is 10.1. The van der Waals surface area contributed by atoms with E-state index >= 15 is 0 Å². The molecule has 3 saturated heterocycles. The summed E-state index contributed by atoms with van der Waals surface area (Å²) in [6.45, 7) is 2.66. The van der Waals surface area contributed by atoms with Crippen molar-refractivity contribution in [3.8, 4) is 0 Å². The van der Waals surface area contributed by atoms with Crippen molar-refractivity contribution in [3.63, 3.8) is 0 Å². The van der Waals surface area contributed by atoms with Gasteiger partial charge in [0.25, 0.3) is 0 Å². The van der Waals surface area contributed by atoms with Gasteiger partial charge in [-0.3, -0.25) is 0 Å². The first kappa shape index (κ1) is 20.3. The SMILES string of the molecule is O=C1NC2(CO1)CN(C(=O)N1CC3(CC(NCc4ccc(C(F)(F)F)cc4F)C3)C1)C2. The second-order valence-corrected chi connectivity index (χ2v) is 9.27. The summed E-state index contributed by atoms with van der Waals surface area (Å²) >= 11 is 0. The Hall–Kier alpha value is -2.56. The fraction of sp³-hybridized carbons (Fsp3) is 0.600. The molecule has 1 aromatic carbocycles. The van der Waals surface area contributed by atoms with Gasteiger partial charge in [0.05, 0.1) is 18.7 Å². The predicted octanol–water partition coefficient (Wildman–Crippen LogP) is 2.31. The Labute approximate surface area is 175 Å². The fourth-order valence-corrected chi connectivity index (χ4v) is 5.09. The molecule has 2 N–H and O–H groups in total. The Morgan fingerprint density at radius 1 is 1.19 bits per heavy atom. The van der Waals surface area contributed by atoms with E-state index in [0.29, 0.717) is 32.2 Å². The van der Waals surface area contributed by atoms with Crippen LogP contribution in [-0.2, 0) is 17.5 Å². The molecular weight excluding hydrogens is 420 g/mol. The van der Waals surface area contributed by atoms with E-state index in [1.54, 1.807) is 9.80 Å². The van der Waals surface area contributed by atoms with Gasteiger partial charge in [0, 0.05) is 36.7 Å². The van der Waals surface area contributed by atoms with Crippen LogP contribution in [0.4, 0.5) is 27.2 Å². The summed E-state index contributed by atoms with van der Waals surface area (Å²) in [5, 5.41) is 5.94. The van der Waals surface area contributed by atoms with Gasteiger partial charge in [0.2, 0.25) is 0 Å². The number of carbonyl (C=O) groups is 2. The van der Waals surface area contributed by atoms with Crippen molar-refractivity contribution in [1.29, 1.82) is 0 Å². The number of hydrogen-bond donors (Lipinski definition) is 2. The van der Waals surface area contributed by atoms with Crippen molar-refractivity contribution in [2.24, 2.45) is 5.41 Å². The summed E-state index contributed by atoms with van der Waals surface area (Å²) < 4.78 is 56.8. The molecule has 0 bridgehead atoms. The van der Waals surface area contributed by atoms with E-state index in [0.717, 1.165) is 18.9 Å². The van der Waals surface area contributed by atoms with Crippen molar-refractivity contribution in [2.45, 2.75) is 37.1 Å². The normalized spacial score (nSPS) is 23.8. The largest absolute Gasteiger partial charge is 0.447 e. The number of nitrogens with zero attached hydrogens (tertiary/aromatic N) is 2. The lowest BCUT2D eigenvalue weighted by molar-refractivity contribution is -0.137. The third-order valence-electron chi connectivity index (χ3n) is 6.75. The molecule has 3 amide bonds. The topological polar surface area (TPSA) is 73.9 Å². The number of cyclic esters (lactones) is 1. The smallest absolute Gasteiger partial charge is 0.416 e. The van der Waals surface area contributed by atoms with Crippen molar-refractivity contribution in [1.82, 2.24) is 20.4 Å². The zero-order valence-corrected chi connectivity index (χ0v) is 16.6. The van der Waals surface area contributed by atoms with E-state index in [1.807, 2.05) is 0 Å². The Kier molecular flexibility index (Phi) is 4.41. The number of benzene rings is 1. The van der Waals surface area contributed by atoms with Gasteiger partial charge in [0.1, 0.15) is 18.0 Å². The number of amides is 3. The van der Waals surface area contributed by atoms with Crippen LogP contribution in [0.3, 0.4) is 0 Å². The number of likely N-dealkylation sites (tertiary alicyclic amines) is 2. The van der Waals surface area contributed by atoms with Crippen LogP contribution in [0.5, 0.6) is 0 Å². The highest BCUT2D eigenvalue weighted by Crippen LogP contribution is 2.49. The molecule has 0 atom stereocenters. The number of hydrogen-bond acceptors (Lipinski definition) is 4. The molecule has 0 aromatic heterocycles. The van der Waals surface area contributed by atoms with Gasteiger partial charge >= 0.3 is 18.3 Å². The molecule has 4 fully saturated rings. The summed E-state index contributed by atoms with van der Waals surface area (Å²) in [7, 11) is 0. The van der Waals surface area contributed by atoms with Crippen LogP contribution in [0.15, 0.2) is 18.2 Å². The minimum absolute atomic E-state index is 0.0411. The zero-order valence-electron chi connectivity index (χ0n) is 16.6. The Morgan fingerprint density at radius 2 is 1.87 bits per heavy atom. The number of rotatable bonds is 3. The van der Waals surface area contributed by atoms with E-state index in [9.17, 15) is 27.2 Å². The molecule has 5 rings (SSSR count). The van der Waals surface area contributed by atoms with E-state index in [1.165, 1.54) is 6.07 Å². The maximum absolute atomic E-state index is 13.9. The summed E-state index contributed by atoms with van der Waals surface area (Å²) in [6.07, 6.45) is -3.32. The summed E-state index contributed by atoms with van der Waals surface area (Å²) in [5.41, 5.74) is -1.16. The number of halogens is 4. The Morgan fingerprint density at radius 3 is 2.45 bits per heavy atom. The van der Waals surface area contributed by atoms with Crippen LogP contribution < -0.4 is 10.6 Å². The van der Waals surface area contributed by atoms with Crippen molar-refractivity contribution < 1.29 is 31.9 Å². The maximum atomic E-state index is 13.9. The van der Waals surface area contributed by atoms with E-state index in [2.05, 4.69) is 10.6 Å². The van der Waals surface area contributed by atoms with E-state index in [4.69, 9.17) is 4.74 Å². The molecule has 11 heteroatoms. The number of ether oxygens (including phenoxy) is 1. The lowest BCUT2D eigenvalue weighted by atomic mass is 9.60. The van der Waals surface area contributed by atoms with Crippen LogP contribution in [0.25, 0.3) is 0 Å². The number of urea groups is 1. The molecule has 2 spiro atoms. The molecule has 0 radical (unpaired) electrons. The molecule has 7 nitrogen and oxygen atoms in total. The van der Waals surface area contributed by atoms with Gasteiger partial charge in [0.15, 0.2) is 0 Å². The van der Waals surface area contributed by atoms with Crippen LogP contribution in [0.1, 0.15) is 24.0 Å². The molecule has 0 unspecified atom stereocenters. The fourth-order valence-electron chi connectivity index (χ4n) is 5.09. The molecule has 1 aliphatic carbocycles. The van der Waals surface area contributed by atoms with Crippen molar-refractivity contribution >= 4 is 12.1 Å². The third-order valence-corrected chi connectivity index (χ3v) is 6.75. The lowest BCUT2D eigenvalue weighted by Crippen LogP contribution is -2.75. The van der Waals surface area contributed by atoms with Crippen molar-refractivity contribution in [3.05, 3.63) is 35.1 Å². The molecule has 1 saturated carbocycles. The Balaban J connectivity index is 1.04. The standard InChI is InChI=1S/C20H22F4N4O3/c21-15-3-13(20(22,23)24)2-1-12(15)6-25-14-4-18(5-14)7-27(8-18)17(30)28-9-19(10-28)11-31-16(29)26-19/h1-3,14,25H,4-11H2,(H,26,29). The molecule has 31 heavy (non-hydrogen) atoms. The first-order valence-electron chi connectivity index (χ1n) is 10.1. The first-order chi connectivity index (χ1) is 14.6. The minimum atomic E-state index is -4.56. The molecule has 4 aliphatic rings. The molecule has 1 aromatic rings. The maximum Gasteiger partial charge on any atom is 0.416 e. The van der Waals surface area contributed by atoms with Crippen LogP contribution in [-0.4, -0.2) is 66.3 Å². The number of alkyl halides is 3. The monoisotopic (exact) mass is 442 g/mol. The average Bonchev–Trinajstić information content (AvgIpc) is 2.99. The highest BCUT2D eigenvalue weighted by molar-refractivity contribution is 5.78. The molecule has 3 aliphatic heterocycles. The zero-order chi connectivity index (χ0) is 22.0. The van der Waals surface area contributed by atoms with E-state index < -0.39 is 29.2 Å². The molecule has 3 heterocycles. The summed E-state index contributed by atoms with van der Waals surface area (Å²) in [5.74, 6) is -0.868. The second-order valence-electron chi connectivity index (χ2n) is 9.27. The number of nitrogens with one attached hydrogen (secondary N) is 2. The van der Waals surface area contributed by atoms with Gasteiger partial charge in [-0.1, -0.05) is 6.07 Å². The predicted molar refractivity (Wildman–Crippen MR) is 99.5 cm³/mol. The second kappa shape index (κ2) is 6.72. The molecular formula is C20H22F4N4O3. The van der Waals surface area contributed by atoms with Crippen LogP contribution >= 0.6 is 0 Å². The Bertz CT molecular complexity index is 917. The lowest BCUT2D eigenvalue weighted by Gasteiger charge is -2.60. The number of carbonyl (C=O) groups excluding carboxylic acids is 2. The van der Waals surface area contributed by atoms with Gasteiger partial charge in [-0.25, -0.2) is 14.0 Å². The quantitative estimate of drug-likeness (QED) is 0.705. The highest BCUT2D eigenvalue weighted by atomic mass is 19.4. The van der Waals surface area contributed by atoms with Crippen LogP contribution in [0.2, 0.25) is 0 Å². The van der Waals surface area contributed by atoms with Gasteiger partial charge in [-0.15, -0.1) is 0 Å². The number of alkyl carbamates (subject to hydrolysis) is 1. The minimum Gasteiger partial charge on any atom is -0.447 e. The van der Waals surface area contributed by atoms with Crippen LogP contribution in [0, 0.1) is 11.2 Å². The van der Waals surface area contributed by atoms with Crippen molar-refractivity contribution in [2.75, 3.05) is 32.8 Å². The molecule has 168 valence electrons. The third kappa shape index (κ3) is 3.58.